The summed E-state index contributed by atoms with van der Waals surface area (Å²) in [5.41, 5.74) is 5.62. The van der Waals surface area contributed by atoms with Gasteiger partial charge in [-0.25, -0.2) is 9.97 Å². The fraction of sp³-hybridized carbons (Fsp3) is 0.355. The van der Waals surface area contributed by atoms with Crippen molar-refractivity contribution >= 4 is 23.0 Å². The smallest absolute Gasteiger partial charge is 0.314 e. The van der Waals surface area contributed by atoms with Crippen LogP contribution in [0.4, 0.5) is 5.95 Å². The number of aromatic nitrogens is 6. The van der Waals surface area contributed by atoms with Crippen molar-refractivity contribution in [3.63, 3.8) is 0 Å². The number of carbonyl (C=O) groups is 1. The molecule has 0 bridgehead atoms. The highest BCUT2D eigenvalue weighted by molar-refractivity contribution is 5.82. The summed E-state index contributed by atoms with van der Waals surface area (Å²) in [6.07, 6.45) is 5.30. The van der Waals surface area contributed by atoms with Gasteiger partial charge in [-0.2, -0.15) is 0 Å². The van der Waals surface area contributed by atoms with E-state index in [2.05, 4.69) is 47.8 Å². The van der Waals surface area contributed by atoms with Gasteiger partial charge in [0.15, 0.2) is 5.76 Å². The third-order valence-corrected chi connectivity index (χ3v) is 8.08. The normalized spacial score (nSPS) is 15.0. The van der Waals surface area contributed by atoms with Gasteiger partial charge in [0.2, 0.25) is 5.95 Å². The van der Waals surface area contributed by atoms with E-state index in [9.17, 15) is 15.0 Å². The number of carboxylic acid groups (broad SMARTS) is 1. The number of piperidine rings is 1. The predicted molar refractivity (Wildman–Crippen MR) is 157 cm³/mol. The van der Waals surface area contributed by atoms with Gasteiger partial charge in [0.1, 0.15) is 22.9 Å². The van der Waals surface area contributed by atoms with Gasteiger partial charge in [-0.3, -0.25) is 4.79 Å². The van der Waals surface area contributed by atoms with Crippen LogP contribution in [0.5, 0.6) is 5.75 Å². The molecule has 11 heteroatoms. The molecule has 1 aliphatic rings. The van der Waals surface area contributed by atoms with Gasteiger partial charge in [0.05, 0.1) is 11.2 Å². The lowest BCUT2D eigenvalue weighted by atomic mass is 9.93. The fourth-order valence-corrected chi connectivity index (χ4v) is 5.88. The Bertz CT molecular complexity index is 1720. The van der Waals surface area contributed by atoms with Gasteiger partial charge < -0.3 is 24.2 Å². The number of aryl methyl sites for hydroxylation is 1. The topological polar surface area (TPSA) is 143 Å². The summed E-state index contributed by atoms with van der Waals surface area (Å²) < 4.78 is 7.67. The van der Waals surface area contributed by atoms with Crippen LogP contribution in [0, 0.1) is 5.92 Å². The molecule has 0 spiro atoms. The third kappa shape index (κ3) is 5.06. The third-order valence-electron chi connectivity index (χ3n) is 8.08. The maximum Gasteiger partial charge on any atom is 0.314 e. The highest BCUT2D eigenvalue weighted by Crippen LogP contribution is 2.35. The lowest BCUT2D eigenvalue weighted by molar-refractivity contribution is -0.140. The van der Waals surface area contributed by atoms with Crippen molar-refractivity contribution in [3.05, 3.63) is 66.3 Å². The highest BCUT2D eigenvalue weighted by Gasteiger charge is 2.29. The number of anilines is 1. The molecule has 42 heavy (non-hydrogen) atoms. The first-order valence-electron chi connectivity index (χ1n) is 14.3. The van der Waals surface area contributed by atoms with Crippen LogP contribution in [0.3, 0.4) is 0 Å². The summed E-state index contributed by atoms with van der Waals surface area (Å²) in [7, 11) is 0. The lowest BCUT2D eigenvalue weighted by Gasteiger charge is -2.32. The van der Waals surface area contributed by atoms with Crippen LogP contribution in [0.2, 0.25) is 0 Å². The standard InChI is InChI=1S/C31H33N7O4/c1-4-38-25(14-24-26(38)13-23(34-35-24)21-7-5-6-8-27(21)39)19-9-11-37(12-10-19)31-32-16-20(17-33-31)22-15-28(42-36-22)29(18(2)3)30(40)41/h5-8,13-19,29,39H,4,9-12H2,1-3H3,(H,40,41). The van der Waals surface area contributed by atoms with E-state index < -0.39 is 11.9 Å². The molecular formula is C31H33N7O4. The Morgan fingerprint density at radius 3 is 2.45 bits per heavy atom. The number of phenolic OH excluding ortho intramolecular Hbond substituents is 1. The Kier molecular flexibility index (Phi) is 7.32. The summed E-state index contributed by atoms with van der Waals surface area (Å²) in [6, 6.07) is 13.0. The molecule has 5 aromatic rings. The first-order chi connectivity index (χ1) is 20.3. The highest BCUT2D eigenvalue weighted by atomic mass is 16.5. The van der Waals surface area contributed by atoms with Crippen molar-refractivity contribution in [3.8, 4) is 28.3 Å². The second-order valence-electron chi connectivity index (χ2n) is 11.0. The van der Waals surface area contributed by atoms with Crippen molar-refractivity contribution in [1.82, 2.24) is 29.9 Å². The van der Waals surface area contributed by atoms with E-state index in [0.717, 1.165) is 43.5 Å². The number of aromatic hydroxyl groups is 1. The van der Waals surface area contributed by atoms with Gasteiger partial charge in [-0.05, 0) is 49.9 Å². The first-order valence-corrected chi connectivity index (χ1v) is 14.3. The van der Waals surface area contributed by atoms with Crippen molar-refractivity contribution in [2.45, 2.75) is 52.0 Å². The van der Waals surface area contributed by atoms with Crippen LogP contribution in [-0.2, 0) is 11.3 Å². The second kappa shape index (κ2) is 11.2. The molecule has 0 saturated carbocycles. The van der Waals surface area contributed by atoms with Crippen molar-refractivity contribution in [2.24, 2.45) is 5.92 Å². The molecule has 0 amide bonds. The molecule has 216 valence electrons. The SMILES string of the molecule is CCn1c(C2CCN(c3ncc(-c4cc(C(C(=O)O)C(C)C)on4)cn3)CC2)cc2nnc(-c3ccccc3O)cc21. The van der Waals surface area contributed by atoms with E-state index in [4.69, 9.17) is 4.52 Å². The minimum atomic E-state index is -0.938. The zero-order valence-corrected chi connectivity index (χ0v) is 23.8. The van der Waals surface area contributed by atoms with E-state index in [0.29, 0.717) is 40.1 Å². The minimum Gasteiger partial charge on any atom is -0.507 e. The maximum absolute atomic E-state index is 11.6. The second-order valence-corrected chi connectivity index (χ2v) is 11.0. The molecule has 11 nitrogen and oxygen atoms in total. The van der Waals surface area contributed by atoms with Crippen LogP contribution in [-0.4, -0.2) is 59.2 Å². The number of fused-ring (bicyclic) bond motifs is 1. The fourth-order valence-electron chi connectivity index (χ4n) is 5.88. The van der Waals surface area contributed by atoms with Gasteiger partial charge >= 0.3 is 5.97 Å². The van der Waals surface area contributed by atoms with Crippen LogP contribution in [0.25, 0.3) is 33.5 Å². The first kappa shape index (κ1) is 27.4. The number of nitrogens with zero attached hydrogens (tertiary/aromatic N) is 7. The molecule has 1 aliphatic heterocycles. The Hall–Kier alpha value is -4.80. The summed E-state index contributed by atoms with van der Waals surface area (Å²) >= 11 is 0. The number of carboxylic acids is 1. The number of hydrogen-bond donors (Lipinski definition) is 2. The summed E-state index contributed by atoms with van der Waals surface area (Å²) in [5.74, 6) is -0.299. The van der Waals surface area contributed by atoms with E-state index in [1.54, 1.807) is 30.6 Å². The van der Waals surface area contributed by atoms with E-state index >= 15 is 0 Å². The van der Waals surface area contributed by atoms with Gasteiger partial charge in [-0.1, -0.05) is 31.1 Å². The van der Waals surface area contributed by atoms with Crippen LogP contribution in [0.15, 0.2) is 59.4 Å². The Morgan fingerprint density at radius 2 is 1.79 bits per heavy atom. The Labute approximate surface area is 242 Å². The quantitative estimate of drug-likeness (QED) is 0.247. The molecule has 1 aromatic carbocycles. The molecule has 1 atom stereocenters. The van der Waals surface area contributed by atoms with Gasteiger partial charge in [0.25, 0.3) is 0 Å². The van der Waals surface area contributed by atoms with E-state index in [1.165, 1.54) is 5.69 Å². The summed E-state index contributed by atoms with van der Waals surface area (Å²) in [6.45, 7) is 8.25. The van der Waals surface area contributed by atoms with Crippen molar-refractivity contribution < 1.29 is 19.5 Å². The predicted octanol–water partition coefficient (Wildman–Crippen LogP) is 5.48. The number of hydrogen-bond acceptors (Lipinski definition) is 9. The Balaban J connectivity index is 1.16. The molecule has 0 radical (unpaired) electrons. The van der Waals surface area contributed by atoms with E-state index in [1.807, 2.05) is 32.0 Å². The number of phenols is 1. The maximum atomic E-state index is 11.6. The van der Waals surface area contributed by atoms with Gasteiger partial charge in [-0.15, -0.1) is 10.2 Å². The zero-order chi connectivity index (χ0) is 29.4. The van der Waals surface area contributed by atoms with Gasteiger partial charge in [0, 0.05) is 60.8 Å². The molecule has 0 aliphatic carbocycles. The summed E-state index contributed by atoms with van der Waals surface area (Å²) in [5, 5.41) is 32.8. The molecule has 1 unspecified atom stereocenters. The molecule has 4 aromatic heterocycles. The largest absolute Gasteiger partial charge is 0.507 e. The Morgan fingerprint density at radius 1 is 1.05 bits per heavy atom. The van der Waals surface area contributed by atoms with E-state index in [-0.39, 0.29) is 11.7 Å². The summed E-state index contributed by atoms with van der Waals surface area (Å²) in [4.78, 5) is 23.0. The number of rotatable bonds is 8. The molecule has 1 fully saturated rings. The molecular weight excluding hydrogens is 534 g/mol. The number of aliphatic carboxylic acids is 1. The number of para-hydroxylation sites is 1. The number of benzene rings is 1. The molecule has 5 heterocycles. The molecule has 6 rings (SSSR count). The lowest BCUT2D eigenvalue weighted by Crippen LogP contribution is -2.34. The van der Waals surface area contributed by atoms with Crippen LogP contribution >= 0.6 is 0 Å². The molecule has 1 saturated heterocycles. The zero-order valence-electron chi connectivity index (χ0n) is 23.8. The monoisotopic (exact) mass is 567 g/mol. The minimum absolute atomic E-state index is 0.127. The van der Waals surface area contributed by atoms with Crippen LogP contribution in [0.1, 0.15) is 56.9 Å². The molecule has 2 N–H and O–H groups in total. The average molecular weight is 568 g/mol. The van der Waals surface area contributed by atoms with Crippen LogP contribution < -0.4 is 4.90 Å². The van der Waals surface area contributed by atoms with Crippen molar-refractivity contribution in [1.29, 1.82) is 0 Å². The van der Waals surface area contributed by atoms with Crippen molar-refractivity contribution in [2.75, 3.05) is 18.0 Å². The average Bonchev–Trinajstić information content (AvgIpc) is 3.62.